The summed E-state index contributed by atoms with van der Waals surface area (Å²) < 4.78 is 8.90. The van der Waals surface area contributed by atoms with Gasteiger partial charge in [0.05, 0.1) is 0 Å². The summed E-state index contributed by atoms with van der Waals surface area (Å²) in [6, 6.07) is 0. The number of nitrogens with two attached hydrogens (primary N) is 2. The Bertz CT molecular complexity index is 260. The maximum atomic E-state index is 10.2. The van der Waals surface area contributed by atoms with Crippen molar-refractivity contribution in [2.45, 2.75) is 0 Å². The third kappa shape index (κ3) is 6.71. The van der Waals surface area contributed by atoms with Crippen molar-refractivity contribution < 1.29 is 19.1 Å². The molecule has 0 spiro atoms. The van der Waals surface area contributed by atoms with E-state index in [9.17, 15) is 9.59 Å². The molecule has 0 aromatic carbocycles. The van der Waals surface area contributed by atoms with Gasteiger partial charge in [0.1, 0.15) is 13.2 Å². The molecule has 6 nitrogen and oxygen atoms in total. The molecule has 14 heavy (non-hydrogen) atoms. The van der Waals surface area contributed by atoms with E-state index in [1.54, 1.807) is 0 Å². The topological polar surface area (TPSA) is 105 Å². The van der Waals surface area contributed by atoms with Crippen LogP contribution in [0.3, 0.4) is 0 Å². The highest BCUT2D eigenvalue weighted by Crippen LogP contribution is 1.96. The molecule has 0 aliphatic rings. The predicted octanol–water partition coefficient (Wildman–Crippen LogP) is 0.289. The van der Waals surface area contributed by atoms with Gasteiger partial charge in [-0.05, 0) is 11.6 Å². The zero-order chi connectivity index (χ0) is 11.0. The van der Waals surface area contributed by atoms with Crippen LogP contribution in [-0.2, 0) is 9.47 Å². The first-order valence-corrected chi connectivity index (χ1v) is 3.72. The second kappa shape index (κ2) is 6.53. The maximum absolute atomic E-state index is 10.2. The second-order valence-electron chi connectivity index (χ2n) is 2.22. The third-order valence-corrected chi connectivity index (χ3v) is 1.21. The van der Waals surface area contributed by atoms with E-state index < -0.39 is 12.2 Å². The Labute approximate surface area is 81.1 Å². The predicted molar refractivity (Wildman–Crippen MR) is 49.4 cm³/mol. The van der Waals surface area contributed by atoms with Gasteiger partial charge < -0.3 is 20.9 Å². The van der Waals surface area contributed by atoms with Crippen LogP contribution < -0.4 is 11.5 Å². The minimum atomic E-state index is -0.881. The van der Waals surface area contributed by atoms with Crippen LogP contribution in [0.4, 0.5) is 9.59 Å². The molecule has 0 saturated carbocycles. The van der Waals surface area contributed by atoms with Gasteiger partial charge in [0.2, 0.25) is 0 Å². The molecule has 0 atom stereocenters. The van der Waals surface area contributed by atoms with E-state index >= 15 is 0 Å². The Morgan fingerprint density at radius 3 is 2.21 bits per heavy atom. The first-order valence-electron chi connectivity index (χ1n) is 3.72. The highest BCUT2D eigenvalue weighted by atomic mass is 16.5. The molecule has 0 aliphatic heterocycles. The number of carbonyl (C=O) groups is 2. The third-order valence-electron chi connectivity index (χ3n) is 1.21. The molecule has 78 valence electrons. The van der Waals surface area contributed by atoms with Crippen molar-refractivity contribution in [1.82, 2.24) is 0 Å². The van der Waals surface area contributed by atoms with Crippen LogP contribution in [0.25, 0.3) is 0 Å². The van der Waals surface area contributed by atoms with Crippen molar-refractivity contribution in [2.75, 3.05) is 13.2 Å². The maximum Gasteiger partial charge on any atom is 0.404 e. The van der Waals surface area contributed by atoms with Gasteiger partial charge in [0.15, 0.2) is 0 Å². The van der Waals surface area contributed by atoms with E-state index in [-0.39, 0.29) is 13.2 Å². The number of hydrogen-bond acceptors (Lipinski definition) is 4. The summed E-state index contributed by atoms with van der Waals surface area (Å²) in [6.07, 6.45) is 1.20. The monoisotopic (exact) mass is 200 g/mol. The molecule has 0 fully saturated rings. The highest BCUT2D eigenvalue weighted by Gasteiger charge is 1.97. The van der Waals surface area contributed by atoms with E-state index in [0.717, 1.165) is 0 Å². The smallest absolute Gasteiger partial charge is 0.404 e. The van der Waals surface area contributed by atoms with Gasteiger partial charge in [0, 0.05) is 0 Å². The van der Waals surface area contributed by atoms with Crippen molar-refractivity contribution >= 4 is 12.2 Å². The molecular formula is C8H12N2O4. The van der Waals surface area contributed by atoms with Crippen LogP contribution in [0.1, 0.15) is 0 Å². The summed E-state index contributed by atoms with van der Waals surface area (Å²) in [5, 5.41) is 0. The standard InChI is InChI=1S/C8H12N2O4/c1-2-6(5-14-8(10)12)3-4-13-7(9)11/h2-3H,1,4-5H2,(H2,9,11)(H2,10,12)/b6-3+. The first kappa shape index (κ1) is 12.0. The molecule has 0 bridgehead atoms. The normalized spacial score (nSPS) is 10.4. The fourth-order valence-corrected chi connectivity index (χ4v) is 0.586. The molecule has 0 aromatic heterocycles. The van der Waals surface area contributed by atoms with Crippen LogP contribution in [0, 0.1) is 0 Å². The summed E-state index contributed by atoms with van der Waals surface area (Å²) in [5.41, 5.74) is 10.0. The SMILES string of the molecule is C=C/C(=C\COC(N)=O)COC(N)=O. The van der Waals surface area contributed by atoms with Crippen molar-refractivity contribution in [3.8, 4) is 0 Å². The van der Waals surface area contributed by atoms with Crippen LogP contribution in [0.2, 0.25) is 0 Å². The lowest BCUT2D eigenvalue weighted by Gasteiger charge is -2.02. The van der Waals surface area contributed by atoms with Gasteiger partial charge in [-0.15, -0.1) is 0 Å². The second-order valence-corrected chi connectivity index (χ2v) is 2.22. The quantitative estimate of drug-likeness (QED) is 0.622. The number of primary amides is 2. The van der Waals surface area contributed by atoms with E-state index in [1.165, 1.54) is 12.2 Å². The molecule has 6 heteroatoms. The van der Waals surface area contributed by atoms with Gasteiger partial charge in [-0.2, -0.15) is 0 Å². The van der Waals surface area contributed by atoms with Crippen molar-refractivity contribution in [3.05, 3.63) is 24.3 Å². The zero-order valence-corrected chi connectivity index (χ0v) is 7.56. The molecular weight excluding hydrogens is 188 g/mol. The largest absolute Gasteiger partial charge is 0.445 e. The molecule has 0 heterocycles. The average molecular weight is 200 g/mol. The Balaban J connectivity index is 3.92. The fraction of sp³-hybridized carbons (Fsp3) is 0.250. The lowest BCUT2D eigenvalue weighted by Crippen LogP contribution is -2.15. The molecule has 4 N–H and O–H groups in total. The minimum Gasteiger partial charge on any atom is -0.445 e. The molecule has 0 aliphatic carbocycles. The van der Waals surface area contributed by atoms with Crippen molar-refractivity contribution in [1.29, 1.82) is 0 Å². The summed E-state index contributed by atoms with van der Waals surface area (Å²) in [4.78, 5) is 20.4. The van der Waals surface area contributed by atoms with E-state index in [0.29, 0.717) is 5.57 Å². The number of amides is 2. The average Bonchev–Trinajstić information content (AvgIpc) is 2.10. The Hall–Kier alpha value is -1.98. The summed E-state index contributed by atoms with van der Waals surface area (Å²) in [6.45, 7) is 3.45. The van der Waals surface area contributed by atoms with Gasteiger partial charge in [-0.1, -0.05) is 12.7 Å². The Kier molecular flexibility index (Phi) is 5.60. The van der Waals surface area contributed by atoms with E-state index in [4.69, 9.17) is 11.5 Å². The van der Waals surface area contributed by atoms with Gasteiger partial charge >= 0.3 is 12.2 Å². The minimum absolute atomic E-state index is 0.00118. The van der Waals surface area contributed by atoms with Crippen LogP contribution in [0.15, 0.2) is 24.3 Å². The number of rotatable bonds is 5. The molecule has 2 amide bonds. The van der Waals surface area contributed by atoms with E-state index in [2.05, 4.69) is 16.1 Å². The van der Waals surface area contributed by atoms with Crippen molar-refractivity contribution in [2.24, 2.45) is 11.5 Å². The van der Waals surface area contributed by atoms with Crippen molar-refractivity contribution in [3.63, 3.8) is 0 Å². The summed E-state index contributed by atoms with van der Waals surface area (Å²) in [5.74, 6) is 0. The zero-order valence-electron chi connectivity index (χ0n) is 7.56. The van der Waals surface area contributed by atoms with Gasteiger partial charge in [-0.3, -0.25) is 0 Å². The Morgan fingerprint density at radius 2 is 1.79 bits per heavy atom. The number of carbonyl (C=O) groups excluding carboxylic acids is 2. The summed E-state index contributed by atoms with van der Waals surface area (Å²) >= 11 is 0. The number of ether oxygens (including phenoxy) is 2. The molecule has 0 aromatic rings. The van der Waals surface area contributed by atoms with Crippen LogP contribution in [0.5, 0.6) is 0 Å². The lowest BCUT2D eigenvalue weighted by molar-refractivity contribution is 0.163. The molecule has 0 saturated heterocycles. The van der Waals surface area contributed by atoms with E-state index in [1.807, 2.05) is 0 Å². The van der Waals surface area contributed by atoms with Crippen LogP contribution >= 0.6 is 0 Å². The molecule has 0 unspecified atom stereocenters. The molecule has 0 rings (SSSR count). The molecule has 0 radical (unpaired) electrons. The highest BCUT2D eigenvalue weighted by molar-refractivity contribution is 5.65. The van der Waals surface area contributed by atoms with Gasteiger partial charge in [-0.25, -0.2) is 9.59 Å². The lowest BCUT2D eigenvalue weighted by atomic mass is 10.3. The fourth-order valence-electron chi connectivity index (χ4n) is 0.586. The van der Waals surface area contributed by atoms with Gasteiger partial charge in [0.25, 0.3) is 0 Å². The number of hydrogen-bond donors (Lipinski definition) is 2. The van der Waals surface area contributed by atoms with Crippen LogP contribution in [-0.4, -0.2) is 25.4 Å². The first-order chi connectivity index (χ1) is 6.56. The Morgan fingerprint density at radius 1 is 1.21 bits per heavy atom. The summed E-state index contributed by atoms with van der Waals surface area (Å²) in [7, 11) is 0.